The van der Waals surface area contributed by atoms with Gasteiger partial charge in [-0.1, -0.05) is 26.2 Å². The second-order valence-corrected chi connectivity index (χ2v) is 5.44. The van der Waals surface area contributed by atoms with Gasteiger partial charge in [-0.15, -0.1) is 0 Å². The van der Waals surface area contributed by atoms with E-state index < -0.39 is 5.60 Å². The third-order valence-electron chi connectivity index (χ3n) is 3.90. The SMILES string of the molecule is CCN(Cc1ccncc1)CC1(O)CCCCC1. The van der Waals surface area contributed by atoms with Crippen LogP contribution in [0.4, 0.5) is 0 Å². The van der Waals surface area contributed by atoms with E-state index in [2.05, 4.69) is 16.8 Å². The number of hydrogen-bond acceptors (Lipinski definition) is 3. The van der Waals surface area contributed by atoms with Crippen molar-refractivity contribution in [3.05, 3.63) is 30.1 Å². The highest BCUT2D eigenvalue weighted by Gasteiger charge is 2.30. The van der Waals surface area contributed by atoms with Crippen LogP contribution in [0.25, 0.3) is 0 Å². The van der Waals surface area contributed by atoms with Gasteiger partial charge in [0.1, 0.15) is 0 Å². The summed E-state index contributed by atoms with van der Waals surface area (Å²) < 4.78 is 0. The summed E-state index contributed by atoms with van der Waals surface area (Å²) in [7, 11) is 0. The Morgan fingerprint density at radius 3 is 2.50 bits per heavy atom. The first-order valence-corrected chi connectivity index (χ1v) is 7.05. The summed E-state index contributed by atoms with van der Waals surface area (Å²) in [5, 5.41) is 10.6. The molecule has 0 spiro atoms. The van der Waals surface area contributed by atoms with Crippen molar-refractivity contribution in [1.29, 1.82) is 0 Å². The molecule has 0 radical (unpaired) electrons. The molecule has 1 fully saturated rings. The summed E-state index contributed by atoms with van der Waals surface area (Å²) >= 11 is 0. The van der Waals surface area contributed by atoms with Crippen molar-refractivity contribution >= 4 is 0 Å². The second-order valence-electron chi connectivity index (χ2n) is 5.44. The number of rotatable bonds is 5. The van der Waals surface area contributed by atoms with E-state index in [9.17, 15) is 5.11 Å². The molecule has 1 aliphatic carbocycles. The van der Waals surface area contributed by atoms with Crippen molar-refractivity contribution in [1.82, 2.24) is 9.88 Å². The van der Waals surface area contributed by atoms with Crippen LogP contribution < -0.4 is 0 Å². The summed E-state index contributed by atoms with van der Waals surface area (Å²) in [6, 6.07) is 4.10. The van der Waals surface area contributed by atoms with E-state index in [4.69, 9.17) is 0 Å². The van der Waals surface area contributed by atoms with Crippen molar-refractivity contribution in [3.63, 3.8) is 0 Å². The molecule has 3 nitrogen and oxygen atoms in total. The lowest BCUT2D eigenvalue weighted by Crippen LogP contribution is -2.44. The van der Waals surface area contributed by atoms with Crippen LogP contribution in [0.5, 0.6) is 0 Å². The molecule has 18 heavy (non-hydrogen) atoms. The zero-order chi connectivity index (χ0) is 12.8. The summed E-state index contributed by atoms with van der Waals surface area (Å²) in [6.07, 6.45) is 9.20. The third kappa shape index (κ3) is 3.79. The molecule has 0 saturated heterocycles. The van der Waals surface area contributed by atoms with Crippen molar-refractivity contribution in [2.24, 2.45) is 0 Å². The Hall–Kier alpha value is -0.930. The molecule has 100 valence electrons. The average molecular weight is 248 g/mol. The van der Waals surface area contributed by atoms with E-state index >= 15 is 0 Å². The lowest BCUT2D eigenvalue weighted by atomic mass is 9.84. The molecular weight excluding hydrogens is 224 g/mol. The zero-order valence-corrected chi connectivity index (χ0v) is 11.3. The summed E-state index contributed by atoms with van der Waals surface area (Å²) in [5.41, 5.74) is 0.813. The molecule has 1 N–H and O–H groups in total. The maximum absolute atomic E-state index is 10.6. The first-order valence-electron chi connectivity index (χ1n) is 7.05. The number of hydrogen-bond donors (Lipinski definition) is 1. The van der Waals surface area contributed by atoms with Crippen LogP contribution in [-0.4, -0.2) is 33.7 Å². The fraction of sp³-hybridized carbons (Fsp3) is 0.667. The Bertz CT molecular complexity index is 347. The normalized spacial score (nSPS) is 19.1. The molecule has 0 unspecified atom stereocenters. The second kappa shape index (κ2) is 6.30. The van der Waals surface area contributed by atoms with Gasteiger partial charge in [0.15, 0.2) is 0 Å². The first kappa shape index (κ1) is 13.5. The topological polar surface area (TPSA) is 36.4 Å². The number of pyridine rings is 1. The van der Waals surface area contributed by atoms with E-state index in [0.717, 1.165) is 32.5 Å². The number of likely N-dealkylation sites (N-methyl/N-ethyl adjacent to an activating group) is 1. The number of aliphatic hydroxyl groups is 1. The van der Waals surface area contributed by atoms with Crippen molar-refractivity contribution in [2.75, 3.05) is 13.1 Å². The molecule has 0 amide bonds. The standard InChI is InChI=1S/C15H24N2O/c1-2-17(12-14-6-10-16-11-7-14)13-15(18)8-4-3-5-9-15/h6-7,10-11,18H,2-5,8-9,12-13H2,1H3. The monoisotopic (exact) mass is 248 g/mol. The van der Waals surface area contributed by atoms with E-state index in [1.165, 1.54) is 24.8 Å². The molecule has 1 aliphatic rings. The van der Waals surface area contributed by atoms with Gasteiger partial charge in [0.25, 0.3) is 0 Å². The minimum atomic E-state index is -0.457. The van der Waals surface area contributed by atoms with E-state index in [1.807, 2.05) is 24.5 Å². The molecule has 0 bridgehead atoms. The molecule has 0 aliphatic heterocycles. The Morgan fingerprint density at radius 2 is 1.89 bits per heavy atom. The first-order chi connectivity index (χ1) is 8.72. The Kier molecular flexibility index (Phi) is 4.72. The fourth-order valence-corrected chi connectivity index (χ4v) is 2.81. The number of nitrogens with zero attached hydrogens (tertiary/aromatic N) is 2. The van der Waals surface area contributed by atoms with E-state index in [1.54, 1.807) is 0 Å². The lowest BCUT2D eigenvalue weighted by Gasteiger charge is -2.36. The van der Waals surface area contributed by atoms with Gasteiger partial charge in [0, 0.05) is 25.5 Å². The maximum Gasteiger partial charge on any atom is 0.0774 e. The molecule has 1 aromatic heterocycles. The molecule has 2 rings (SSSR count). The molecule has 3 heteroatoms. The van der Waals surface area contributed by atoms with Gasteiger partial charge < -0.3 is 5.11 Å². The summed E-state index contributed by atoms with van der Waals surface area (Å²) in [6.45, 7) is 4.84. The van der Waals surface area contributed by atoms with Gasteiger partial charge in [-0.05, 0) is 37.1 Å². The largest absolute Gasteiger partial charge is 0.389 e. The maximum atomic E-state index is 10.6. The van der Waals surface area contributed by atoms with Gasteiger partial charge in [-0.2, -0.15) is 0 Å². The zero-order valence-electron chi connectivity index (χ0n) is 11.3. The van der Waals surface area contributed by atoms with Crippen LogP contribution in [0.15, 0.2) is 24.5 Å². The van der Waals surface area contributed by atoms with Crippen molar-refractivity contribution in [2.45, 2.75) is 51.2 Å². The fourth-order valence-electron chi connectivity index (χ4n) is 2.81. The quantitative estimate of drug-likeness (QED) is 0.870. The van der Waals surface area contributed by atoms with Gasteiger partial charge in [0.05, 0.1) is 5.60 Å². The Labute approximate surface area is 110 Å². The number of aromatic nitrogens is 1. The van der Waals surface area contributed by atoms with E-state index in [-0.39, 0.29) is 0 Å². The van der Waals surface area contributed by atoms with Crippen LogP contribution in [0.2, 0.25) is 0 Å². The van der Waals surface area contributed by atoms with E-state index in [0.29, 0.717) is 0 Å². The molecule has 1 saturated carbocycles. The molecular formula is C15H24N2O. The van der Waals surface area contributed by atoms with Gasteiger partial charge >= 0.3 is 0 Å². The smallest absolute Gasteiger partial charge is 0.0774 e. The highest BCUT2D eigenvalue weighted by atomic mass is 16.3. The van der Waals surface area contributed by atoms with Crippen LogP contribution in [0.3, 0.4) is 0 Å². The van der Waals surface area contributed by atoms with Crippen LogP contribution in [0.1, 0.15) is 44.6 Å². The van der Waals surface area contributed by atoms with Crippen LogP contribution in [-0.2, 0) is 6.54 Å². The molecule has 0 atom stereocenters. The van der Waals surface area contributed by atoms with Crippen LogP contribution >= 0.6 is 0 Å². The molecule has 1 heterocycles. The predicted molar refractivity (Wildman–Crippen MR) is 73.2 cm³/mol. The van der Waals surface area contributed by atoms with Crippen molar-refractivity contribution in [3.8, 4) is 0 Å². The highest BCUT2D eigenvalue weighted by Crippen LogP contribution is 2.29. The summed E-state index contributed by atoms with van der Waals surface area (Å²) in [5.74, 6) is 0. The molecule has 0 aromatic carbocycles. The lowest BCUT2D eigenvalue weighted by molar-refractivity contribution is -0.0270. The van der Waals surface area contributed by atoms with Gasteiger partial charge in [0.2, 0.25) is 0 Å². The van der Waals surface area contributed by atoms with Crippen LogP contribution in [0, 0.1) is 0 Å². The Morgan fingerprint density at radius 1 is 1.22 bits per heavy atom. The molecule has 1 aromatic rings. The highest BCUT2D eigenvalue weighted by molar-refractivity contribution is 5.09. The van der Waals surface area contributed by atoms with Gasteiger partial charge in [-0.25, -0.2) is 0 Å². The average Bonchev–Trinajstić information content (AvgIpc) is 2.40. The van der Waals surface area contributed by atoms with Crippen molar-refractivity contribution < 1.29 is 5.11 Å². The van der Waals surface area contributed by atoms with Gasteiger partial charge in [-0.3, -0.25) is 9.88 Å². The summed E-state index contributed by atoms with van der Waals surface area (Å²) in [4.78, 5) is 6.37. The minimum absolute atomic E-state index is 0.457. The predicted octanol–water partition coefficient (Wildman–Crippen LogP) is 2.60. The third-order valence-corrected chi connectivity index (χ3v) is 3.90. The minimum Gasteiger partial charge on any atom is -0.389 e. The Balaban J connectivity index is 1.92.